The van der Waals surface area contributed by atoms with Gasteiger partial charge in [-0.15, -0.1) is 0 Å². The van der Waals surface area contributed by atoms with Crippen LogP contribution in [0.2, 0.25) is 0 Å². The monoisotopic (exact) mass is 226 g/mol. The largest absolute Gasteiger partial charge is 0.345 e. The molecule has 17 heavy (non-hydrogen) atoms. The Kier molecular flexibility index (Phi) is 2.04. The average molecular weight is 226 g/mol. The van der Waals surface area contributed by atoms with Gasteiger partial charge in [-0.1, -0.05) is 6.07 Å². The highest BCUT2D eigenvalue weighted by Gasteiger charge is 2.04. The van der Waals surface area contributed by atoms with Crippen LogP contribution in [0.25, 0.3) is 22.3 Å². The Morgan fingerprint density at radius 3 is 2.94 bits per heavy atom. The molecule has 0 aliphatic heterocycles. The van der Waals surface area contributed by atoms with Crippen molar-refractivity contribution in [3.63, 3.8) is 0 Å². The van der Waals surface area contributed by atoms with Crippen LogP contribution < -0.4 is 5.69 Å². The van der Waals surface area contributed by atoms with Gasteiger partial charge >= 0.3 is 5.69 Å². The number of nitrogens with zero attached hydrogens (tertiary/aromatic N) is 2. The summed E-state index contributed by atoms with van der Waals surface area (Å²) in [6.45, 7) is 1.83. The van der Waals surface area contributed by atoms with Gasteiger partial charge in [-0.3, -0.25) is 0 Å². The van der Waals surface area contributed by atoms with E-state index < -0.39 is 0 Å². The molecule has 0 saturated carbocycles. The number of imidazole rings is 1. The molecule has 2 heterocycles. The summed E-state index contributed by atoms with van der Waals surface area (Å²) in [6.07, 6.45) is 1.64. The second-order valence-corrected chi connectivity index (χ2v) is 3.89. The van der Waals surface area contributed by atoms with Crippen LogP contribution in [0.1, 0.15) is 5.69 Å². The van der Waals surface area contributed by atoms with Crippen LogP contribution in [0, 0.1) is 6.92 Å². The standard InChI is InChI=1S/C12H10N4O/c1-7-4-10(16-12(17)15-7)8-2-3-9-11(5-8)14-6-13-9/h2-6H,1H3,(H,13,14)(H,15,16,17). The molecule has 0 radical (unpaired) electrons. The van der Waals surface area contributed by atoms with Crippen LogP contribution in [0.4, 0.5) is 0 Å². The van der Waals surface area contributed by atoms with E-state index in [0.717, 1.165) is 22.3 Å². The molecule has 2 N–H and O–H groups in total. The molecule has 0 saturated heterocycles. The van der Waals surface area contributed by atoms with Gasteiger partial charge in [-0.05, 0) is 25.1 Å². The van der Waals surface area contributed by atoms with E-state index in [-0.39, 0.29) is 5.69 Å². The molecule has 0 atom stereocenters. The Morgan fingerprint density at radius 2 is 2.12 bits per heavy atom. The fourth-order valence-electron chi connectivity index (χ4n) is 1.82. The molecule has 0 aliphatic rings. The van der Waals surface area contributed by atoms with Crippen LogP contribution in [0.3, 0.4) is 0 Å². The minimum absolute atomic E-state index is 0.329. The molecule has 0 spiro atoms. The lowest BCUT2D eigenvalue weighted by Gasteiger charge is -2.01. The Balaban J connectivity index is 2.22. The van der Waals surface area contributed by atoms with Gasteiger partial charge in [0.1, 0.15) is 0 Å². The third-order valence-electron chi connectivity index (χ3n) is 2.60. The lowest BCUT2D eigenvalue weighted by Crippen LogP contribution is -2.11. The number of fused-ring (bicyclic) bond motifs is 1. The number of hydrogen-bond acceptors (Lipinski definition) is 3. The molecule has 84 valence electrons. The summed E-state index contributed by atoms with van der Waals surface area (Å²) in [6, 6.07) is 7.59. The van der Waals surface area contributed by atoms with Crippen LogP contribution in [0.5, 0.6) is 0 Å². The van der Waals surface area contributed by atoms with Crippen LogP contribution >= 0.6 is 0 Å². The predicted octanol–water partition coefficient (Wildman–Crippen LogP) is 1.62. The lowest BCUT2D eigenvalue weighted by atomic mass is 10.1. The number of aromatic nitrogens is 4. The summed E-state index contributed by atoms with van der Waals surface area (Å²) >= 11 is 0. The molecule has 0 aliphatic carbocycles. The Bertz CT molecular complexity index is 741. The van der Waals surface area contributed by atoms with Gasteiger partial charge in [0.05, 0.1) is 23.1 Å². The first-order valence-electron chi connectivity index (χ1n) is 5.24. The van der Waals surface area contributed by atoms with Crippen molar-refractivity contribution >= 4 is 11.0 Å². The Morgan fingerprint density at radius 1 is 1.24 bits per heavy atom. The summed E-state index contributed by atoms with van der Waals surface area (Å²) in [5.74, 6) is 0. The van der Waals surface area contributed by atoms with E-state index in [9.17, 15) is 4.79 Å². The molecule has 0 amide bonds. The van der Waals surface area contributed by atoms with Crippen LogP contribution in [-0.4, -0.2) is 19.9 Å². The highest BCUT2D eigenvalue weighted by molar-refractivity contribution is 5.80. The first kappa shape index (κ1) is 9.77. The topological polar surface area (TPSA) is 74.4 Å². The van der Waals surface area contributed by atoms with E-state index in [4.69, 9.17) is 0 Å². The highest BCUT2D eigenvalue weighted by atomic mass is 16.1. The first-order valence-corrected chi connectivity index (χ1v) is 5.24. The number of benzene rings is 1. The maximum atomic E-state index is 11.3. The molecule has 3 rings (SSSR count). The van der Waals surface area contributed by atoms with Crippen molar-refractivity contribution in [3.8, 4) is 11.3 Å². The average Bonchev–Trinajstić information content (AvgIpc) is 2.74. The number of rotatable bonds is 1. The Hall–Kier alpha value is -2.43. The molecule has 5 heteroatoms. The van der Waals surface area contributed by atoms with Crippen molar-refractivity contribution in [2.45, 2.75) is 6.92 Å². The van der Waals surface area contributed by atoms with E-state index in [2.05, 4.69) is 19.9 Å². The molecule has 0 unspecified atom stereocenters. The van der Waals surface area contributed by atoms with Crippen LogP contribution in [0.15, 0.2) is 35.4 Å². The molecule has 1 aromatic carbocycles. The van der Waals surface area contributed by atoms with Gasteiger partial charge in [0, 0.05) is 11.3 Å². The Labute approximate surface area is 96.6 Å². The maximum absolute atomic E-state index is 11.3. The van der Waals surface area contributed by atoms with E-state index in [1.807, 2.05) is 31.2 Å². The molecular weight excluding hydrogens is 216 g/mol. The van der Waals surface area contributed by atoms with Crippen molar-refractivity contribution < 1.29 is 0 Å². The van der Waals surface area contributed by atoms with Crippen molar-refractivity contribution in [1.82, 2.24) is 19.9 Å². The van der Waals surface area contributed by atoms with Crippen molar-refractivity contribution in [2.75, 3.05) is 0 Å². The minimum Gasteiger partial charge on any atom is -0.345 e. The van der Waals surface area contributed by atoms with Gasteiger partial charge < -0.3 is 9.97 Å². The summed E-state index contributed by atoms with van der Waals surface area (Å²) in [5, 5.41) is 0. The summed E-state index contributed by atoms with van der Waals surface area (Å²) in [4.78, 5) is 25.1. The van der Waals surface area contributed by atoms with Gasteiger partial charge in [0.25, 0.3) is 0 Å². The van der Waals surface area contributed by atoms with E-state index in [0.29, 0.717) is 5.69 Å². The molecule has 0 fully saturated rings. The molecule has 0 bridgehead atoms. The number of aryl methyl sites for hydroxylation is 1. The van der Waals surface area contributed by atoms with Gasteiger partial charge in [0.2, 0.25) is 0 Å². The van der Waals surface area contributed by atoms with Gasteiger partial charge in [-0.25, -0.2) is 9.78 Å². The predicted molar refractivity (Wildman–Crippen MR) is 64.7 cm³/mol. The van der Waals surface area contributed by atoms with Crippen molar-refractivity contribution in [2.24, 2.45) is 0 Å². The quantitative estimate of drug-likeness (QED) is 0.662. The molecule has 5 nitrogen and oxygen atoms in total. The lowest BCUT2D eigenvalue weighted by molar-refractivity contribution is 1.03. The molecular formula is C12H10N4O. The fourth-order valence-corrected chi connectivity index (χ4v) is 1.82. The van der Waals surface area contributed by atoms with E-state index >= 15 is 0 Å². The zero-order chi connectivity index (χ0) is 11.8. The first-order chi connectivity index (χ1) is 8.22. The van der Waals surface area contributed by atoms with E-state index in [1.165, 1.54) is 0 Å². The normalized spacial score (nSPS) is 10.9. The molecule has 3 aromatic rings. The third kappa shape index (κ3) is 1.71. The van der Waals surface area contributed by atoms with E-state index in [1.54, 1.807) is 6.33 Å². The minimum atomic E-state index is -0.329. The van der Waals surface area contributed by atoms with Gasteiger partial charge in [-0.2, -0.15) is 4.98 Å². The van der Waals surface area contributed by atoms with Crippen molar-refractivity contribution in [1.29, 1.82) is 0 Å². The summed E-state index contributed by atoms with van der Waals surface area (Å²) < 4.78 is 0. The summed E-state index contributed by atoms with van der Waals surface area (Å²) in [7, 11) is 0. The second-order valence-electron chi connectivity index (χ2n) is 3.89. The zero-order valence-electron chi connectivity index (χ0n) is 9.19. The number of H-pyrrole nitrogens is 2. The fraction of sp³-hybridized carbons (Fsp3) is 0.0833. The zero-order valence-corrected chi connectivity index (χ0v) is 9.19. The number of aromatic amines is 2. The third-order valence-corrected chi connectivity index (χ3v) is 2.60. The van der Waals surface area contributed by atoms with Crippen molar-refractivity contribution in [3.05, 3.63) is 46.8 Å². The SMILES string of the molecule is Cc1cc(-c2ccc3nc[nH]c3c2)nc(=O)[nH]1. The van der Waals surface area contributed by atoms with Gasteiger partial charge in [0.15, 0.2) is 0 Å². The smallest absolute Gasteiger partial charge is 0.345 e. The summed E-state index contributed by atoms with van der Waals surface area (Å²) in [5.41, 5.74) is 3.87. The molecule has 2 aromatic heterocycles. The second kappa shape index (κ2) is 3.55. The number of nitrogens with one attached hydrogen (secondary N) is 2. The highest BCUT2D eigenvalue weighted by Crippen LogP contribution is 2.20. The van der Waals surface area contributed by atoms with Crippen LogP contribution in [-0.2, 0) is 0 Å². The maximum Gasteiger partial charge on any atom is 0.345 e. The number of hydrogen-bond donors (Lipinski definition) is 2.